The Morgan fingerprint density at radius 2 is 1.78 bits per heavy atom. The van der Waals surface area contributed by atoms with Crippen molar-refractivity contribution in [2.24, 2.45) is 0 Å². The van der Waals surface area contributed by atoms with Crippen molar-refractivity contribution in [3.8, 4) is 0 Å². The Morgan fingerprint density at radius 1 is 1.44 bits per heavy atom. The van der Waals surface area contributed by atoms with Crippen molar-refractivity contribution in [1.82, 2.24) is 0 Å². The van der Waals surface area contributed by atoms with Crippen LogP contribution in [-0.2, 0) is 11.1 Å². The number of halogens is 3. The molecule has 0 bridgehead atoms. The Morgan fingerprint density at radius 3 is 1.78 bits per heavy atom. The van der Waals surface area contributed by atoms with E-state index in [2.05, 4.69) is 0 Å². The van der Waals surface area contributed by atoms with Crippen LogP contribution >= 0.6 is 0 Å². The monoisotopic (exact) mass is 172 g/mol. The van der Waals surface area contributed by atoms with Gasteiger partial charge in [0.15, 0.2) is 11.1 Å². The van der Waals surface area contributed by atoms with Gasteiger partial charge in [-0.15, -0.1) is 0 Å². The molecule has 0 aliphatic carbocycles. The van der Waals surface area contributed by atoms with E-state index in [1.807, 2.05) is 0 Å². The number of hydrogen-bond acceptors (Lipinski definition) is 1. The first-order valence-corrected chi connectivity index (χ1v) is 2.83. The van der Waals surface area contributed by atoms with Gasteiger partial charge in [0.2, 0.25) is 0 Å². The van der Waals surface area contributed by atoms with Crippen molar-refractivity contribution in [2.75, 3.05) is 5.75 Å². The zero-order chi connectivity index (χ0) is 6.78. The molecule has 9 heavy (non-hydrogen) atoms. The van der Waals surface area contributed by atoms with Crippen molar-refractivity contribution < 1.29 is 21.9 Å². The van der Waals surface area contributed by atoms with Crippen LogP contribution in [0.1, 0.15) is 0 Å². The third kappa shape index (κ3) is 12.2. The molecular weight excluding hydrogens is 168 g/mol. The Labute approximate surface area is 74.4 Å². The predicted octanol–water partition coefficient (Wildman–Crippen LogP) is 0.122. The van der Waals surface area contributed by atoms with Gasteiger partial charge >= 0.3 is 35.7 Å². The van der Waals surface area contributed by atoms with Crippen LogP contribution in [0.5, 0.6) is 0 Å². The van der Waals surface area contributed by atoms with E-state index in [1.165, 1.54) is 0 Å². The zero-order valence-corrected chi connectivity index (χ0v) is 4.42. The summed E-state index contributed by atoms with van der Waals surface area (Å²) in [4.78, 5) is 0. The summed E-state index contributed by atoms with van der Waals surface area (Å²) in [6.45, 7) is 0. The molecule has 52 valence electrons. The van der Waals surface area contributed by atoms with E-state index in [0.29, 0.717) is 0 Å². The van der Waals surface area contributed by atoms with Gasteiger partial charge in [-0.25, -0.2) is 4.21 Å². The molecule has 1 atom stereocenters. The average molecular weight is 172 g/mol. The van der Waals surface area contributed by atoms with Gasteiger partial charge in [-0.2, -0.15) is 13.2 Å². The molecule has 0 aromatic carbocycles. The Balaban J connectivity index is 0. The van der Waals surface area contributed by atoms with Gasteiger partial charge in [-0.05, 0) is 0 Å². The second kappa shape index (κ2) is 4.68. The van der Waals surface area contributed by atoms with Crippen molar-refractivity contribution in [3.05, 3.63) is 0 Å². The minimum absolute atomic E-state index is 0. The van der Waals surface area contributed by atoms with Crippen molar-refractivity contribution in [3.63, 3.8) is 0 Å². The quantitative estimate of drug-likeness (QED) is 0.450. The van der Waals surface area contributed by atoms with E-state index in [-0.39, 0.29) is 29.6 Å². The van der Waals surface area contributed by atoms with Crippen molar-refractivity contribution in [2.45, 2.75) is 6.18 Å². The summed E-state index contributed by atoms with van der Waals surface area (Å²) in [7, 11) is 0. The van der Waals surface area contributed by atoms with Crippen LogP contribution in [0, 0.1) is 0 Å². The fourth-order valence-electron chi connectivity index (χ4n) is 0.140. The molecule has 0 aromatic heterocycles. The molecule has 0 amide bonds. The van der Waals surface area contributed by atoms with E-state index in [0.717, 1.165) is 0 Å². The standard InChI is InChI=1S/C2H3F3O2S.Na.H/c3-2(4,5)1-8(6)7;;/h1H2,(H,6,7);;. The first kappa shape index (κ1) is 12.6. The molecule has 0 aliphatic heterocycles. The topological polar surface area (TPSA) is 37.3 Å². The van der Waals surface area contributed by atoms with Crippen LogP contribution in [0.2, 0.25) is 0 Å². The summed E-state index contributed by atoms with van der Waals surface area (Å²) in [5, 5.41) is 0. The third-order valence-corrected chi connectivity index (χ3v) is 0.861. The Bertz CT molecular complexity index is 102. The number of alkyl halides is 3. The van der Waals surface area contributed by atoms with Crippen LogP contribution in [0.25, 0.3) is 0 Å². The van der Waals surface area contributed by atoms with Gasteiger partial charge in [0.05, 0.1) is 0 Å². The molecule has 0 spiro atoms. The van der Waals surface area contributed by atoms with Crippen LogP contribution < -0.4 is 0 Å². The SMILES string of the molecule is O=S(O)CC(F)(F)F.[NaH]. The van der Waals surface area contributed by atoms with Gasteiger partial charge in [0, 0.05) is 0 Å². The summed E-state index contributed by atoms with van der Waals surface area (Å²) >= 11 is -2.76. The molecular formula is C2H4F3NaO2S. The van der Waals surface area contributed by atoms with Crippen LogP contribution in [0.3, 0.4) is 0 Å². The molecule has 0 heterocycles. The normalized spacial score (nSPS) is 14.2. The second-order valence-electron chi connectivity index (χ2n) is 1.08. The third-order valence-electron chi connectivity index (χ3n) is 0.287. The fourth-order valence-corrected chi connectivity index (χ4v) is 0.420. The Kier molecular flexibility index (Phi) is 6.53. The first-order valence-electron chi connectivity index (χ1n) is 1.56. The zero-order valence-electron chi connectivity index (χ0n) is 3.60. The Hall–Kier alpha value is 0.900. The van der Waals surface area contributed by atoms with Crippen molar-refractivity contribution >= 4 is 40.6 Å². The van der Waals surface area contributed by atoms with Crippen LogP contribution in [0.15, 0.2) is 0 Å². The van der Waals surface area contributed by atoms with E-state index in [4.69, 9.17) is 4.55 Å². The average Bonchev–Trinajstić information content (AvgIpc) is 1.21. The van der Waals surface area contributed by atoms with Gasteiger partial charge in [0.1, 0.15) is 5.75 Å². The predicted molar refractivity (Wildman–Crippen MR) is 28.8 cm³/mol. The molecule has 0 saturated heterocycles. The minimum atomic E-state index is -4.53. The van der Waals surface area contributed by atoms with Gasteiger partial charge in [-0.1, -0.05) is 0 Å². The molecule has 0 aromatic rings. The van der Waals surface area contributed by atoms with E-state index in [1.54, 1.807) is 0 Å². The first-order chi connectivity index (χ1) is 3.42. The fraction of sp³-hybridized carbons (Fsp3) is 1.00. The molecule has 7 heteroatoms. The summed E-state index contributed by atoms with van der Waals surface area (Å²) < 4.78 is 49.9. The maximum atomic E-state index is 11.0. The molecule has 0 aliphatic rings. The van der Waals surface area contributed by atoms with Crippen LogP contribution in [-0.4, -0.2) is 50.2 Å². The number of rotatable bonds is 1. The molecule has 2 nitrogen and oxygen atoms in total. The molecule has 0 saturated carbocycles. The second-order valence-corrected chi connectivity index (χ2v) is 2.01. The van der Waals surface area contributed by atoms with E-state index in [9.17, 15) is 17.4 Å². The van der Waals surface area contributed by atoms with Crippen LogP contribution in [0.4, 0.5) is 13.2 Å². The number of hydrogen-bond donors (Lipinski definition) is 1. The van der Waals surface area contributed by atoms with E-state index < -0.39 is 23.0 Å². The van der Waals surface area contributed by atoms with Crippen molar-refractivity contribution in [1.29, 1.82) is 0 Å². The summed E-state index contributed by atoms with van der Waals surface area (Å²) in [5.74, 6) is -1.65. The molecule has 1 unspecified atom stereocenters. The van der Waals surface area contributed by atoms with Gasteiger partial charge < -0.3 is 4.55 Å². The molecule has 0 fully saturated rings. The molecule has 0 rings (SSSR count). The molecule has 0 radical (unpaired) electrons. The summed E-state index contributed by atoms with van der Waals surface area (Å²) in [6, 6.07) is 0. The maximum absolute atomic E-state index is 11.0. The summed E-state index contributed by atoms with van der Waals surface area (Å²) in [6.07, 6.45) is -4.53. The molecule has 1 N–H and O–H groups in total. The summed E-state index contributed by atoms with van der Waals surface area (Å²) in [5.41, 5.74) is 0. The van der Waals surface area contributed by atoms with Gasteiger partial charge in [0.25, 0.3) is 0 Å². The van der Waals surface area contributed by atoms with E-state index >= 15 is 0 Å². The van der Waals surface area contributed by atoms with Gasteiger partial charge in [-0.3, -0.25) is 0 Å².